The van der Waals surface area contributed by atoms with Crippen molar-refractivity contribution >= 4 is 0 Å². The van der Waals surface area contributed by atoms with Gasteiger partial charge in [0.25, 0.3) is 0 Å². The number of likely N-dealkylation sites (tertiary alicyclic amines) is 1. The summed E-state index contributed by atoms with van der Waals surface area (Å²) in [5.74, 6) is 0.927. The normalized spacial score (nSPS) is 17.7. The third-order valence-electron chi connectivity index (χ3n) is 2.64. The van der Waals surface area contributed by atoms with Gasteiger partial charge in [0.15, 0.2) is 0 Å². The zero-order valence-corrected chi connectivity index (χ0v) is 9.77. The van der Waals surface area contributed by atoms with Gasteiger partial charge in [-0.05, 0) is 25.2 Å². The maximum atomic E-state index is 4.05. The molecule has 0 spiro atoms. The maximum absolute atomic E-state index is 4.05. The van der Waals surface area contributed by atoms with Crippen molar-refractivity contribution in [1.29, 1.82) is 0 Å². The zero-order valence-electron chi connectivity index (χ0n) is 9.77. The van der Waals surface area contributed by atoms with Crippen LogP contribution in [0.2, 0.25) is 0 Å². The van der Waals surface area contributed by atoms with Gasteiger partial charge in [-0.15, -0.1) is 0 Å². The van der Waals surface area contributed by atoms with Gasteiger partial charge in [-0.1, -0.05) is 34.3 Å². The van der Waals surface area contributed by atoms with E-state index in [4.69, 9.17) is 0 Å². The van der Waals surface area contributed by atoms with Crippen molar-refractivity contribution in [2.45, 2.75) is 47.0 Å². The molecule has 13 heavy (non-hydrogen) atoms. The van der Waals surface area contributed by atoms with Gasteiger partial charge in [0.05, 0.1) is 0 Å². The Morgan fingerprint density at radius 1 is 1.31 bits per heavy atom. The van der Waals surface area contributed by atoms with E-state index in [1.165, 1.54) is 31.6 Å². The Morgan fingerprint density at radius 2 is 1.77 bits per heavy atom. The topological polar surface area (TPSA) is 3.24 Å². The molecule has 1 aliphatic rings. The Morgan fingerprint density at radius 3 is 2.15 bits per heavy atom. The minimum atomic E-state index is 0.927. The average molecular weight is 183 g/mol. The highest BCUT2D eigenvalue weighted by Gasteiger charge is 2.15. The molecule has 1 nitrogen and oxygen atoms in total. The van der Waals surface area contributed by atoms with Crippen molar-refractivity contribution in [2.24, 2.45) is 5.92 Å². The molecule has 1 heteroatoms. The molecule has 1 heterocycles. The molecule has 1 fully saturated rings. The van der Waals surface area contributed by atoms with Crippen LogP contribution < -0.4 is 0 Å². The molecule has 1 saturated heterocycles. The highest BCUT2D eigenvalue weighted by Crippen LogP contribution is 2.19. The van der Waals surface area contributed by atoms with Crippen LogP contribution in [0.3, 0.4) is 0 Å². The van der Waals surface area contributed by atoms with E-state index >= 15 is 0 Å². The minimum Gasteiger partial charge on any atom is -0.375 e. The molecule has 0 aromatic carbocycles. The molecule has 1 rings (SSSR count). The molecule has 0 unspecified atom stereocenters. The first-order valence-corrected chi connectivity index (χ1v) is 5.66. The summed E-state index contributed by atoms with van der Waals surface area (Å²) in [4.78, 5) is 2.43. The number of hydrogen-bond acceptors (Lipinski definition) is 1. The van der Waals surface area contributed by atoms with Crippen molar-refractivity contribution < 1.29 is 0 Å². The number of rotatable bonds is 2. The molecule has 0 aliphatic carbocycles. The Bertz CT molecular complexity index is 132. The molecule has 0 atom stereocenters. The lowest BCUT2D eigenvalue weighted by atomic mass is 9.99. The summed E-state index contributed by atoms with van der Waals surface area (Å²) < 4.78 is 0. The second-order valence-corrected chi connectivity index (χ2v) is 3.59. The molecule has 1 aliphatic heterocycles. The van der Waals surface area contributed by atoms with Crippen LogP contribution in [0.25, 0.3) is 0 Å². The van der Waals surface area contributed by atoms with Crippen LogP contribution in [0.5, 0.6) is 0 Å². The summed E-state index contributed by atoms with van der Waals surface area (Å²) >= 11 is 0. The second-order valence-electron chi connectivity index (χ2n) is 3.59. The van der Waals surface area contributed by atoms with Gasteiger partial charge in [0.1, 0.15) is 0 Å². The molecule has 0 amide bonds. The van der Waals surface area contributed by atoms with E-state index in [1.807, 2.05) is 13.8 Å². The first kappa shape index (κ1) is 12.5. The first-order chi connectivity index (χ1) is 6.24. The quantitative estimate of drug-likeness (QED) is 0.631. The largest absolute Gasteiger partial charge is 0.375 e. The fraction of sp³-hybridized carbons (Fsp3) is 0.833. The van der Waals surface area contributed by atoms with E-state index in [1.54, 1.807) is 0 Å². The van der Waals surface area contributed by atoms with E-state index in [0.29, 0.717) is 0 Å². The number of hydrogen-bond donors (Lipinski definition) is 0. The Balaban J connectivity index is 0.000000671. The lowest BCUT2D eigenvalue weighted by Crippen LogP contribution is -2.31. The summed E-state index contributed by atoms with van der Waals surface area (Å²) in [5, 5.41) is 0. The van der Waals surface area contributed by atoms with Crippen LogP contribution in [0, 0.1) is 5.92 Å². The van der Waals surface area contributed by atoms with Crippen LogP contribution in [-0.2, 0) is 0 Å². The van der Waals surface area contributed by atoms with Gasteiger partial charge < -0.3 is 4.90 Å². The molecule has 0 saturated carbocycles. The van der Waals surface area contributed by atoms with Crippen LogP contribution >= 0.6 is 0 Å². The highest BCUT2D eigenvalue weighted by molar-refractivity contribution is 4.94. The summed E-state index contributed by atoms with van der Waals surface area (Å²) in [5.41, 5.74) is 1.32. The predicted octanol–water partition coefficient (Wildman–Crippen LogP) is 3.67. The molecule has 0 bridgehead atoms. The van der Waals surface area contributed by atoms with Gasteiger partial charge in [-0.25, -0.2) is 0 Å². The minimum absolute atomic E-state index is 0.927. The third kappa shape index (κ3) is 4.35. The lowest BCUT2D eigenvalue weighted by molar-refractivity contribution is 0.233. The lowest BCUT2D eigenvalue weighted by Gasteiger charge is -2.33. The third-order valence-corrected chi connectivity index (χ3v) is 2.64. The summed E-state index contributed by atoms with van der Waals surface area (Å²) in [7, 11) is 0. The van der Waals surface area contributed by atoms with Gasteiger partial charge >= 0.3 is 0 Å². The standard InChI is InChI=1S/C10H19N.C2H6/c1-4-10(3)11-7-5-9(2)6-8-11;1-2/h9H,3-8H2,1-2H3;1-2H3. The SMILES string of the molecule is C=C(CC)N1CCC(C)CC1.CC. The first-order valence-electron chi connectivity index (χ1n) is 5.66. The molecule has 0 radical (unpaired) electrons. The van der Waals surface area contributed by atoms with E-state index in [-0.39, 0.29) is 0 Å². The van der Waals surface area contributed by atoms with Gasteiger partial charge in [-0.2, -0.15) is 0 Å². The Labute approximate surface area is 83.8 Å². The highest BCUT2D eigenvalue weighted by atomic mass is 15.1. The Hall–Kier alpha value is -0.460. The van der Waals surface area contributed by atoms with Crippen LogP contribution in [0.15, 0.2) is 12.3 Å². The average Bonchev–Trinajstić information content (AvgIpc) is 2.21. The fourth-order valence-electron chi connectivity index (χ4n) is 1.55. The monoisotopic (exact) mass is 183 g/mol. The number of piperidine rings is 1. The van der Waals surface area contributed by atoms with Crippen LogP contribution in [0.4, 0.5) is 0 Å². The molecule has 78 valence electrons. The smallest absolute Gasteiger partial charge is 0.0177 e. The van der Waals surface area contributed by atoms with Crippen molar-refractivity contribution in [3.05, 3.63) is 12.3 Å². The van der Waals surface area contributed by atoms with Crippen molar-refractivity contribution in [3.8, 4) is 0 Å². The molecular formula is C12H25N. The molecule has 0 aromatic rings. The maximum Gasteiger partial charge on any atom is 0.0177 e. The van der Waals surface area contributed by atoms with E-state index < -0.39 is 0 Å². The van der Waals surface area contributed by atoms with E-state index in [9.17, 15) is 0 Å². The van der Waals surface area contributed by atoms with E-state index in [0.717, 1.165) is 12.3 Å². The zero-order chi connectivity index (χ0) is 10.3. The molecule has 0 N–H and O–H groups in total. The van der Waals surface area contributed by atoms with Crippen LogP contribution in [-0.4, -0.2) is 18.0 Å². The van der Waals surface area contributed by atoms with Crippen LogP contribution in [0.1, 0.15) is 47.0 Å². The van der Waals surface area contributed by atoms with E-state index in [2.05, 4.69) is 25.3 Å². The van der Waals surface area contributed by atoms with Crippen molar-refractivity contribution in [3.63, 3.8) is 0 Å². The summed E-state index contributed by atoms with van der Waals surface area (Å²) in [6.45, 7) is 15.0. The Kier molecular flexibility index (Phi) is 6.75. The fourth-order valence-corrected chi connectivity index (χ4v) is 1.55. The van der Waals surface area contributed by atoms with Crippen molar-refractivity contribution in [2.75, 3.05) is 13.1 Å². The predicted molar refractivity (Wildman–Crippen MR) is 60.8 cm³/mol. The van der Waals surface area contributed by atoms with Gasteiger partial charge in [0.2, 0.25) is 0 Å². The number of nitrogens with zero attached hydrogens (tertiary/aromatic N) is 1. The molecular weight excluding hydrogens is 158 g/mol. The van der Waals surface area contributed by atoms with Gasteiger partial charge in [-0.3, -0.25) is 0 Å². The van der Waals surface area contributed by atoms with Gasteiger partial charge in [0, 0.05) is 18.8 Å². The summed E-state index contributed by atoms with van der Waals surface area (Å²) in [6.07, 6.45) is 3.80. The second kappa shape index (κ2) is 6.99. The van der Waals surface area contributed by atoms with Crippen molar-refractivity contribution in [1.82, 2.24) is 4.90 Å². The summed E-state index contributed by atoms with van der Waals surface area (Å²) in [6, 6.07) is 0. The molecule has 0 aromatic heterocycles. The number of allylic oxidation sites excluding steroid dienone is 1.